The second-order valence-corrected chi connectivity index (χ2v) is 5.67. The molecule has 132 valence electrons. The Morgan fingerprint density at radius 1 is 0.615 bits per heavy atom. The van der Waals surface area contributed by atoms with E-state index in [4.69, 9.17) is 0 Å². The number of hydrogen-bond acceptors (Lipinski definition) is 4. The van der Waals surface area contributed by atoms with Gasteiger partial charge in [0, 0.05) is 14.1 Å². The van der Waals surface area contributed by atoms with Crippen molar-refractivity contribution < 1.29 is 0 Å². The summed E-state index contributed by atoms with van der Waals surface area (Å²) in [7, 11) is 3.17. The highest BCUT2D eigenvalue weighted by atomic mass is 16.2. The van der Waals surface area contributed by atoms with Crippen LogP contribution in [0.4, 0.5) is 0 Å². The maximum atomic E-state index is 11.2. The van der Waals surface area contributed by atoms with Crippen LogP contribution in [0.5, 0.6) is 0 Å². The molecule has 0 atom stereocenters. The Hall–Kier alpha value is -3.68. The normalized spacial score (nSPS) is 10.5. The van der Waals surface area contributed by atoms with Gasteiger partial charge in [-0.15, -0.1) is 0 Å². The number of hydrogen-bond donors (Lipinski definition) is 2. The standard InChI is InChI=1S/2C9H8N2O2/c2*1-11-7-5-3-2-4-6(7)10-8(12)9(11)13/h2*2-5H,1H3,(H,10,12). The molecule has 0 spiro atoms. The van der Waals surface area contributed by atoms with E-state index in [0.29, 0.717) is 11.0 Å². The summed E-state index contributed by atoms with van der Waals surface area (Å²) in [6.07, 6.45) is 0. The van der Waals surface area contributed by atoms with Crippen LogP contribution in [-0.2, 0) is 14.1 Å². The van der Waals surface area contributed by atoms with Gasteiger partial charge < -0.3 is 19.1 Å². The number of fused-ring (bicyclic) bond motifs is 2. The SMILES string of the molecule is Cn1c(=O)c(=O)[nH]c2ccccc21.Cn1c(=O)c(=O)[nH]c2ccccc21. The van der Waals surface area contributed by atoms with Gasteiger partial charge in [-0.3, -0.25) is 19.2 Å². The minimum absolute atomic E-state index is 0.529. The maximum absolute atomic E-state index is 11.2. The number of H-pyrrole nitrogens is 2. The summed E-state index contributed by atoms with van der Waals surface area (Å²) in [6.45, 7) is 0. The van der Waals surface area contributed by atoms with E-state index in [9.17, 15) is 19.2 Å². The molecule has 0 aliphatic rings. The lowest BCUT2D eigenvalue weighted by atomic mass is 10.3. The number of para-hydroxylation sites is 4. The van der Waals surface area contributed by atoms with E-state index in [1.807, 2.05) is 24.3 Å². The van der Waals surface area contributed by atoms with Crippen LogP contribution < -0.4 is 22.2 Å². The lowest BCUT2D eigenvalue weighted by Gasteiger charge is -2.01. The Morgan fingerprint density at radius 2 is 0.962 bits per heavy atom. The van der Waals surface area contributed by atoms with Crippen LogP contribution in [0.3, 0.4) is 0 Å². The van der Waals surface area contributed by atoms with Crippen LogP contribution in [0.2, 0.25) is 0 Å². The van der Waals surface area contributed by atoms with E-state index in [-0.39, 0.29) is 0 Å². The predicted molar refractivity (Wildman–Crippen MR) is 99.6 cm³/mol. The van der Waals surface area contributed by atoms with Gasteiger partial charge in [-0.2, -0.15) is 0 Å². The molecule has 0 fully saturated rings. The summed E-state index contributed by atoms with van der Waals surface area (Å²) >= 11 is 0. The van der Waals surface area contributed by atoms with Gasteiger partial charge in [0.15, 0.2) is 0 Å². The van der Waals surface area contributed by atoms with E-state index in [1.54, 1.807) is 38.4 Å². The lowest BCUT2D eigenvalue weighted by Crippen LogP contribution is -2.34. The maximum Gasteiger partial charge on any atom is 0.316 e. The molecule has 2 aromatic carbocycles. The van der Waals surface area contributed by atoms with Crippen molar-refractivity contribution in [1.29, 1.82) is 0 Å². The first-order valence-corrected chi connectivity index (χ1v) is 7.76. The number of benzene rings is 2. The molecule has 0 bridgehead atoms. The average molecular weight is 352 g/mol. The van der Waals surface area contributed by atoms with Gasteiger partial charge in [-0.05, 0) is 24.3 Å². The smallest absolute Gasteiger partial charge is 0.316 e. The minimum Gasteiger partial charge on any atom is -0.316 e. The summed E-state index contributed by atoms with van der Waals surface area (Å²) in [6, 6.07) is 14.3. The average Bonchev–Trinajstić information content (AvgIpc) is 2.65. The lowest BCUT2D eigenvalue weighted by molar-refractivity contribution is 0.874. The van der Waals surface area contributed by atoms with E-state index in [0.717, 1.165) is 11.0 Å². The first-order chi connectivity index (χ1) is 12.4. The number of nitrogens with zero attached hydrogens (tertiary/aromatic N) is 2. The topological polar surface area (TPSA) is 110 Å². The number of aromatic nitrogens is 4. The van der Waals surface area contributed by atoms with E-state index >= 15 is 0 Å². The van der Waals surface area contributed by atoms with Gasteiger partial charge in [0.2, 0.25) is 0 Å². The van der Waals surface area contributed by atoms with Crippen LogP contribution in [0.15, 0.2) is 67.7 Å². The largest absolute Gasteiger partial charge is 0.316 e. The Bertz CT molecular complexity index is 1240. The van der Waals surface area contributed by atoms with Gasteiger partial charge >= 0.3 is 22.2 Å². The quantitative estimate of drug-likeness (QED) is 0.448. The van der Waals surface area contributed by atoms with Crippen molar-refractivity contribution in [2.75, 3.05) is 0 Å². The van der Waals surface area contributed by atoms with Crippen LogP contribution >= 0.6 is 0 Å². The van der Waals surface area contributed by atoms with E-state index < -0.39 is 22.2 Å². The molecule has 4 aromatic rings. The summed E-state index contributed by atoms with van der Waals surface area (Å²) in [5, 5.41) is 0. The molecular formula is C18H16N4O4. The Labute approximate surface area is 146 Å². The molecule has 0 radical (unpaired) electrons. The summed E-state index contributed by atoms with van der Waals surface area (Å²) < 4.78 is 2.68. The number of aromatic amines is 2. The molecule has 26 heavy (non-hydrogen) atoms. The first-order valence-electron chi connectivity index (χ1n) is 7.76. The van der Waals surface area contributed by atoms with Gasteiger partial charge in [0.1, 0.15) is 0 Å². The zero-order valence-corrected chi connectivity index (χ0v) is 14.1. The fraction of sp³-hybridized carbons (Fsp3) is 0.111. The molecule has 2 N–H and O–H groups in total. The minimum atomic E-state index is -0.582. The molecule has 0 saturated heterocycles. The van der Waals surface area contributed by atoms with Crippen molar-refractivity contribution in [3.63, 3.8) is 0 Å². The Balaban J connectivity index is 0.000000151. The summed E-state index contributed by atoms with van der Waals surface area (Å²) in [5.74, 6) is 0. The molecule has 0 aliphatic carbocycles. The van der Waals surface area contributed by atoms with Gasteiger partial charge in [0.05, 0.1) is 22.1 Å². The Kier molecular flexibility index (Phi) is 4.40. The molecule has 8 nitrogen and oxygen atoms in total. The van der Waals surface area contributed by atoms with Crippen LogP contribution in [-0.4, -0.2) is 19.1 Å². The number of nitrogens with one attached hydrogen (secondary N) is 2. The zero-order chi connectivity index (χ0) is 18.8. The molecule has 8 heteroatoms. The third-order valence-corrected chi connectivity index (χ3v) is 4.02. The second-order valence-electron chi connectivity index (χ2n) is 5.67. The molecule has 0 amide bonds. The molecular weight excluding hydrogens is 336 g/mol. The third-order valence-electron chi connectivity index (χ3n) is 4.02. The van der Waals surface area contributed by atoms with Crippen molar-refractivity contribution >= 4 is 22.1 Å². The molecule has 0 aliphatic heterocycles. The fourth-order valence-electron chi connectivity index (χ4n) is 2.62. The van der Waals surface area contributed by atoms with E-state index in [1.165, 1.54) is 9.13 Å². The molecule has 2 aromatic heterocycles. The van der Waals surface area contributed by atoms with Crippen molar-refractivity contribution in [2.45, 2.75) is 0 Å². The highest BCUT2D eigenvalue weighted by Gasteiger charge is 2.02. The van der Waals surface area contributed by atoms with Crippen LogP contribution in [0.1, 0.15) is 0 Å². The fourth-order valence-corrected chi connectivity index (χ4v) is 2.62. The Morgan fingerprint density at radius 3 is 1.35 bits per heavy atom. The third kappa shape index (κ3) is 3.00. The van der Waals surface area contributed by atoms with Crippen molar-refractivity contribution in [2.24, 2.45) is 14.1 Å². The summed E-state index contributed by atoms with van der Waals surface area (Å²) in [5.41, 5.74) is 0.586. The van der Waals surface area contributed by atoms with Crippen molar-refractivity contribution in [3.05, 3.63) is 89.9 Å². The monoisotopic (exact) mass is 352 g/mol. The number of rotatable bonds is 0. The predicted octanol–water partition coefficient (Wildman–Crippen LogP) is 0.454. The van der Waals surface area contributed by atoms with Crippen molar-refractivity contribution in [3.8, 4) is 0 Å². The highest BCUT2D eigenvalue weighted by Crippen LogP contribution is 2.05. The van der Waals surface area contributed by atoms with Gasteiger partial charge in [0.25, 0.3) is 0 Å². The summed E-state index contributed by atoms with van der Waals surface area (Å²) in [4.78, 5) is 49.6. The van der Waals surface area contributed by atoms with Gasteiger partial charge in [-0.1, -0.05) is 24.3 Å². The zero-order valence-electron chi connectivity index (χ0n) is 14.1. The van der Waals surface area contributed by atoms with E-state index in [2.05, 4.69) is 9.97 Å². The molecule has 0 saturated carbocycles. The number of aryl methyl sites for hydroxylation is 2. The molecule has 0 unspecified atom stereocenters. The second kappa shape index (κ2) is 6.67. The van der Waals surface area contributed by atoms with Crippen molar-refractivity contribution in [1.82, 2.24) is 19.1 Å². The van der Waals surface area contributed by atoms with Crippen LogP contribution in [0, 0.1) is 0 Å². The molecule has 2 heterocycles. The highest BCUT2D eigenvalue weighted by molar-refractivity contribution is 5.74. The van der Waals surface area contributed by atoms with Gasteiger partial charge in [-0.25, -0.2) is 0 Å². The molecule has 4 rings (SSSR count). The first kappa shape index (κ1) is 17.2. The van der Waals surface area contributed by atoms with Crippen LogP contribution in [0.25, 0.3) is 22.1 Å².